The van der Waals surface area contributed by atoms with Gasteiger partial charge in [-0.1, -0.05) is 30.3 Å². The molecule has 0 aliphatic rings. The first-order valence-corrected chi connectivity index (χ1v) is 6.41. The van der Waals surface area contributed by atoms with Gasteiger partial charge in [-0.2, -0.15) is 0 Å². The molecule has 0 amide bonds. The molecule has 20 heavy (non-hydrogen) atoms. The molecule has 3 aromatic carbocycles. The molecule has 2 nitrogen and oxygen atoms in total. The minimum Gasteiger partial charge on any atom is -0.388 e. The highest BCUT2D eigenvalue weighted by Gasteiger charge is 2.02. The summed E-state index contributed by atoms with van der Waals surface area (Å²) in [5.74, 6) is 0.226. The van der Waals surface area contributed by atoms with Crippen molar-refractivity contribution in [3.05, 3.63) is 60.7 Å². The quantitative estimate of drug-likeness (QED) is 0.735. The van der Waals surface area contributed by atoms with Gasteiger partial charge in [-0.3, -0.25) is 4.94 Å². The SMILES string of the molecule is CNc1ccc(-c2ccc3cc(OF)ccc3c2)cc1. The van der Waals surface area contributed by atoms with Crippen LogP contribution in [0.3, 0.4) is 0 Å². The van der Waals surface area contributed by atoms with Gasteiger partial charge in [-0.05, 0) is 52.2 Å². The van der Waals surface area contributed by atoms with Crippen LogP contribution in [0, 0.1) is 0 Å². The number of halogens is 1. The van der Waals surface area contributed by atoms with E-state index in [0.717, 1.165) is 27.6 Å². The maximum absolute atomic E-state index is 12.2. The Morgan fingerprint density at radius 1 is 0.800 bits per heavy atom. The first-order chi connectivity index (χ1) is 9.80. The molecule has 0 aliphatic carbocycles. The fourth-order valence-electron chi connectivity index (χ4n) is 2.28. The van der Waals surface area contributed by atoms with Crippen molar-refractivity contribution >= 4 is 16.5 Å². The van der Waals surface area contributed by atoms with Crippen LogP contribution in [-0.4, -0.2) is 7.05 Å². The number of hydrogen-bond acceptors (Lipinski definition) is 2. The average Bonchev–Trinajstić information content (AvgIpc) is 2.54. The molecule has 100 valence electrons. The van der Waals surface area contributed by atoms with E-state index in [4.69, 9.17) is 0 Å². The van der Waals surface area contributed by atoms with Gasteiger partial charge in [-0.25, -0.2) is 0 Å². The van der Waals surface area contributed by atoms with Crippen LogP contribution in [0.5, 0.6) is 5.75 Å². The van der Waals surface area contributed by atoms with Crippen molar-refractivity contribution in [1.82, 2.24) is 0 Å². The third-order valence-corrected chi connectivity index (χ3v) is 3.41. The number of nitrogens with one attached hydrogen (secondary N) is 1. The maximum atomic E-state index is 12.2. The number of hydrogen-bond donors (Lipinski definition) is 1. The first-order valence-electron chi connectivity index (χ1n) is 6.41. The Kier molecular flexibility index (Phi) is 3.25. The van der Waals surface area contributed by atoms with Gasteiger partial charge in [0.05, 0.1) is 0 Å². The molecule has 0 radical (unpaired) electrons. The Hall–Kier alpha value is -2.55. The Bertz CT molecular complexity index is 738. The largest absolute Gasteiger partial charge is 0.388 e. The lowest BCUT2D eigenvalue weighted by molar-refractivity contribution is -0.00603. The van der Waals surface area contributed by atoms with Gasteiger partial charge >= 0.3 is 0 Å². The molecule has 0 saturated heterocycles. The molecule has 1 N–H and O–H groups in total. The van der Waals surface area contributed by atoms with E-state index in [1.807, 2.05) is 37.4 Å². The summed E-state index contributed by atoms with van der Waals surface area (Å²) in [6, 6.07) is 19.5. The molecule has 0 spiro atoms. The van der Waals surface area contributed by atoms with E-state index in [1.165, 1.54) is 0 Å². The molecule has 0 atom stereocenters. The smallest absolute Gasteiger partial charge is 0.172 e. The topological polar surface area (TPSA) is 21.3 Å². The molecule has 0 bridgehead atoms. The normalized spacial score (nSPS) is 10.5. The van der Waals surface area contributed by atoms with Crippen LogP contribution >= 0.6 is 0 Å². The van der Waals surface area contributed by atoms with E-state index in [9.17, 15) is 4.53 Å². The second-order valence-corrected chi connectivity index (χ2v) is 4.63. The van der Waals surface area contributed by atoms with E-state index < -0.39 is 0 Å². The summed E-state index contributed by atoms with van der Waals surface area (Å²) >= 11 is 0. The van der Waals surface area contributed by atoms with Gasteiger partial charge in [0, 0.05) is 17.3 Å². The summed E-state index contributed by atoms with van der Waals surface area (Å²) < 4.78 is 12.2. The molecule has 3 heteroatoms. The number of benzene rings is 3. The van der Waals surface area contributed by atoms with Crippen molar-refractivity contribution in [2.75, 3.05) is 12.4 Å². The van der Waals surface area contributed by atoms with Crippen LogP contribution in [-0.2, 0) is 0 Å². The van der Waals surface area contributed by atoms with Crippen molar-refractivity contribution in [3.63, 3.8) is 0 Å². The summed E-state index contributed by atoms with van der Waals surface area (Å²) in [5, 5.41) is 5.11. The molecule has 0 heterocycles. The molecule has 3 rings (SSSR count). The lowest BCUT2D eigenvalue weighted by Crippen LogP contribution is -1.87. The molecule has 0 aromatic heterocycles. The van der Waals surface area contributed by atoms with E-state index in [-0.39, 0.29) is 5.75 Å². The maximum Gasteiger partial charge on any atom is 0.172 e. The van der Waals surface area contributed by atoms with Crippen LogP contribution in [0.15, 0.2) is 60.7 Å². The fourth-order valence-corrected chi connectivity index (χ4v) is 2.28. The van der Waals surface area contributed by atoms with E-state index in [0.29, 0.717) is 0 Å². The Morgan fingerprint density at radius 3 is 2.15 bits per heavy atom. The van der Waals surface area contributed by atoms with Gasteiger partial charge in [0.1, 0.15) is 0 Å². The van der Waals surface area contributed by atoms with E-state index in [1.54, 1.807) is 12.1 Å². The Balaban J connectivity index is 2.03. The lowest BCUT2D eigenvalue weighted by Gasteiger charge is -2.06. The van der Waals surface area contributed by atoms with E-state index >= 15 is 0 Å². The monoisotopic (exact) mass is 267 g/mol. The molecule has 3 aromatic rings. The predicted octanol–water partition coefficient (Wildman–Crippen LogP) is 4.81. The van der Waals surface area contributed by atoms with Crippen LogP contribution in [0.25, 0.3) is 21.9 Å². The molecule has 0 aliphatic heterocycles. The Labute approximate surface area is 116 Å². The zero-order valence-electron chi connectivity index (χ0n) is 11.1. The van der Waals surface area contributed by atoms with Crippen molar-refractivity contribution in [1.29, 1.82) is 0 Å². The Morgan fingerprint density at radius 2 is 1.45 bits per heavy atom. The number of rotatable bonds is 3. The summed E-state index contributed by atoms with van der Waals surface area (Å²) in [6.07, 6.45) is 0. The highest BCUT2D eigenvalue weighted by atomic mass is 19.3. The van der Waals surface area contributed by atoms with Crippen LogP contribution in [0.2, 0.25) is 0 Å². The van der Waals surface area contributed by atoms with Gasteiger partial charge in [0.15, 0.2) is 5.75 Å². The van der Waals surface area contributed by atoms with Gasteiger partial charge in [0.25, 0.3) is 0 Å². The second kappa shape index (κ2) is 5.21. The van der Waals surface area contributed by atoms with Crippen molar-refractivity contribution < 1.29 is 9.47 Å². The van der Waals surface area contributed by atoms with Gasteiger partial charge in [-0.15, -0.1) is 0 Å². The standard InChI is InChI=1S/C17H14FNO/c1-19-16-7-4-12(5-8-16)13-2-3-15-11-17(20-18)9-6-14(15)10-13/h2-11,19H,1H3. The molecule has 0 fully saturated rings. The van der Waals surface area contributed by atoms with Crippen molar-refractivity contribution in [2.24, 2.45) is 0 Å². The number of fused-ring (bicyclic) bond motifs is 1. The summed E-state index contributed by atoms with van der Waals surface area (Å²) in [4.78, 5) is 3.76. The molecule has 0 unspecified atom stereocenters. The van der Waals surface area contributed by atoms with Gasteiger partial charge in [0.2, 0.25) is 0 Å². The van der Waals surface area contributed by atoms with E-state index in [2.05, 4.69) is 28.5 Å². The zero-order valence-corrected chi connectivity index (χ0v) is 11.1. The third kappa shape index (κ3) is 2.30. The summed E-state index contributed by atoms with van der Waals surface area (Å²) in [6.45, 7) is 0. The average molecular weight is 267 g/mol. The molecular weight excluding hydrogens is 253 g/mol. The van der Waals surface area contributed by atoms with Crippen molar-refractivity contribution in [3.8, 4) is 16.9 Å². The van der Waals surface area contributed by atoms with Crippen molar-refractivity contribution in [2.45, 2.75) is 0 Å². The minimum absolute atomic E-state index is 0.226. The number of anilines is 1. The molecular formula is C17H14FNO. The highest BCUT2D eigenvalue weighted by molar-refractivity contribution is 5.88. The van der Waals surface area contributed by atoms with Crippen LogP contribution in [0.4, 0.5) is 10.2 Å². The minimum atomic E-state index is 0.226. The predicted molar refractivity (Wildman–Crippen MR) is 80.7 cm³/mol. The van der Waals surface area contributed by atoms with Crippen LogP contribution in [0.1, 0.15) is 0 Å². The lowest BCUT2D eigenvalue weighted by atomic mass is 10.0. The third-order valence-electron chi connectivity index (χ3n) is 3.41. The summed E-state index contributed by atoms with van der Waals surface area (Å²) in [5.41, 5.74) is 3.37. The fraction of sp³-hybridized carbons (Fsp3) is 0.0588. The van der Waals surface area contributed by atoms with Crippen LogP contribution < -0.4 is 10.3 Å². The molecule has 0 saturated carbocycles. The first kappa shape index (κ1) is 12.5. The van der Waals surface area contributed by atoms with Gasteiger partial charge < -0.3 is 5.32 Å². The summed E-state index contributed by atoms with van der Waals surface area (Å²) in [7, 11) is 1.90. The second-order valence-electron chi connectivity index (χ2n) is 4.63. The highest BCUT2D eigenvalue weighted by Crippen LogP contribution is 2.27. The zero-order chi connectivity index (χ0) is 13.9.